The number of nitrogens with one attached hydrogen (secondary N) is 2. The fraction of sp³-hybridized carbons (Fsp3) is 0.500. The van der Waals surface area contributed by atoms with Crippen molar-refractivity contribution in [1.29, 1.82) is 0 Å². The molecule has 0 saturated heterocycles. The molecule has 0 bridgehead atoms. The summed E-state index contributed by atoms with van der Waals surface area (Å²) >= 11 is 0. The molecule has 8 nitrogen and oxygen atoms in total. The van der Waals surface area contributed by atoms with Crippen molar-refractivity contribution in [3.05, 3.63) is 11.9 Å². The Labute approximate surface area is 92.2 Å². The molecule has 3 amide bonds. The van der Waals surface area contributed by atoms with Gasteiger partial charge in [-0.3, -0.25) is 14.8 Å². The Kier molecular flexibility index (Phi) is 4.40. The van der Waals surface area contributed by atoms with E-state index in [-0.39, 0.29) is 12.3 Å². The van der Waals surface area contributed by atoms with Gasteiger partial charge in [0, 0.05) is 26.2 Å². The third-order valence-corrected chi connectivity index (χ3v) is 1.84. The van der Waals surface area contributed by atoms with Crippen LogP contribution < -0.4 is 16.4 Å². The van der Waals surface area contributed by atoms with E-state index in [1.165, 1.54) is 11.7 Å². The summed E-state index contributed by atoms with van der Waals surface area (Å²) in [7, 11) is 1.44. The molecule has 0 aliphatic carbocycles. The van der Waals surface area contributed by atoms with E-state index in [9.17, 15) is 9.59 Å². The van der Waals surface area contributed by atoms with Gasteiger partial charge in [0.05, 0.1) is 12.2 Å². The Morgan fingerprint density at radius 1 is 1.56 bits per heavy atom. The number of nitrogens with zero attached hydrogens (tertiary/aromatic N) is 3. The number of imide groups is 1. The number of amides is 3. The second-order valence-corrected chi connectivity index (χ2v) is 3.05. The summed E-state index contributed by atoms with van der Waals surface area (Å²) in [6.45, 7) is 0.667. The normalized spacial score (nSPS) is 9.88. The Morgan fingerprint density at radius 2 is 2.31 bits per heavy atom. The molecular formula is C8H14N6O2. The van der Waals surface area contributed by atoms with E-state index in [1.807, 2.05) is 0 Å². The van der Waals surface area contributed by atoms with Crippen LogP contribution in [0.4, 0.5) is 4.79 Å². The maximum absolute atomic E-state index is 11.2. The van der Waals surface area contributed by atoms with Gasteiger partial charge in [-0.15, -0.1) is 5.10 Å². The Hall–Kier alpha value is -1.96. The van der Waals surface area contributed by atoms with Crippen LogP contribution >= 0.6 is 0 Å². The number of hydrogen-bond acceptors (Lipinski definition) is 5. The molecule has 0 atom stereocenters. The molecule has 8 heteroatoms. The lowest BCUT2D eigenvalue weighted by Crippen LogP contribution is -2.37. The lowest BCUT2D eigenvalue weighted by Gasteiger charge is -2.02. The minimum atomic E-state index is -0.522. The van der Waals surface area contributed by atoms with Crippen LogP contribution in [-0.4, -0.2) is 34.0 Å². The van der Waals surface area contributed by atoms with Gasteiger partial charge in [-0.25, -0.2) is 4.79 Å². The lowest BCUT2D eigenvalue weighted by molar-refractivity contribution is -0.120. The van der Waals surface area contributed by atoms with Crippen molar-refractivity contribution in [2.45, 2.75) is 19.5 Å². The lowest BCUT2D eigenvalue weighted by atomic mass is 10.4. The number of aryl methyl sites for hydroxylation is 1. The average molecular weight is 226 g/mol. The van der Waals surface area contributed by atoms with Crippen molar-refractivity contribution in [3.8, 4) is 0 Å². The summed E-state index contributed by atoms with van der Waals surface area (Å²) in [5.41, 5.74) is 6.01. The molecule has 0 fully saturated rings. The average Bonchev–Trinajstić information content (AvgIpc) is 2.74. The van der Waals surface area contributed by atoms with Crippen LogP contribution in [0.2, 0.25) is 0 Å². The maximum atomic E-state index is 11.2. The minimum absolute atomic E-state index is 0.154. The van der Waals surface area contributed by atoms with Crippen LogP contribution in [-0.2, 0) is 17.9 Å². The van der Waals surface area contributed by atoms with Gasteiger partial charge in [0.25, 0.3) is 0 Å². The minimum Gasteiger partial charge on any atom is -0.341 e. The zero-order valence-corrected chi connectivity index (χ0v) is 8.93. The summed E-state index contributed by atoms with van der Waals surface area (Å²) in [5, 5.41) is 12.0. The molecule has 0 saturated carbocycles. The maximum Gasteiger partial charge on any atom is 0.321 e. The first-order valence-electron chi connectivity index (χ1n) is 4.76. The molecule has 1 aromatic heterocycles. The molecule has 0 aliphatic rings. The van der Waals surface area contributed by atoms with Crippen molar-refractivity contribution in [1.82, 2.24) is 25.6 Å². The number of nitrogens with two attached hydrogens (primary N) is 1. The number of carbonyl (C=O) groups is 2. The monoisotopic (exact) mass is 226 g/mol. The first kappa shape index (κ1) is 12.1. The van der Waals surface area contributed by atoms with Gasteiger partial charge in [0.15, 0.2) is 0 Å². The number of carbonyl (C=O) groups excluding carboxylic acids is 2. The Bertz CT molecular complexity index is 374. The number of aromatic nitrogens is 3. The number of urea groups is 1. The summed E-state index contributed by atoms with van der Waals surface area (Å²) in [5.74, 6) is -0.371. The van der Waals surface area contributed by atoms with E-state index in [2.05, 4.69) is 20.9 Å². The molecule has 1 heterocycles. The van der Waals surface area contributed by atoms with Crippen molar-refractivity contribution in [2.75, 3.05) is 7.05 Å². The van der Waals surface area contributed by atoms with Gasteiger partial charge in [-0.05, 0) is 0 Å². The Morgan fingerprint density at radius 3 is 2.88 bits per heavy atom. The van der Waals surface area contributed by atoms with E-state index in [1.54, 1.807) is 6.20 Å². The molecule has 0 aliphatic heterocycles. The van der Waals surface area contributed by atoms with Gasteiger partial charge < -0.3 is 11.1 Å². The molecule has 1 aromatic rings. The molecule has 1 rings (SSSR count). The standard InChI is InChI=1S/C8H14N6O2/c1-10-8(16)11-7(15)2-3-14-5-6(4-9)12-13-14/h5H,2-4,9H2,1H3,(H2,10,11,15,16). The Balaban J connectivity index is 2.34. The number of rotatable bonds is 4. The fourth-order valence-electron chi connectivity index (χ4n) is 1.01. The topological polar surface area (TPSA) is 115 Å². The van der Waals surface area contributed by atoms with Crippen molar-refractivity contribution < 1.29 is 9.59 Å². The highest BCUT2D eigenvalue weighted by Crippen LogP contribution is 1.93. The number of hydrogen-bond donors (Lipinski definition) is 3. The molecule has 0 aromatic carbocycles. The molecule has 0 radical (unpaired) electrons. The molecule has 88 valence electrons. The predicted octanol–water partition coefficient (Wildman–Crippen LogP) is -1.42. The molecular weight excluding hydrogens is 212 g/mol. The third kappa shape index (κ3) is 3.65. The van der Waals surface area contributed by atoms with E-state index >= 15 is 0 Å². The van der Waals surface area contributed by atoms with Gasteiger partial charge >= 0.3 is 6.03 Å². The predicted molar refractivity (Wildman–Crippen MR) is 55.1 cm³/mol. The quantitative estimate of drug-likeness (QED) is 0.583. The molecule has 4 N–H and O–H groups in total. The summed E-state index contributed by atoms with van der Waals surface area (Å²) < 4.78 is 1.51. The zero-order chi connectivity index (χ0) is 12.0. The van der Waals surface area contributed by atoms with Gasteiger partial charge in [0.1, 0.15) is 0 Å². The summed E-state index contributed by atoms with van der Waals surface area (Å²) in [6.07, 6.45) is 1.81. The van der Waals surface area contributed by atoms with Crippen LogP contribution in [0.3, 0.4) is 0 Å². The van der Waals surface area contributed by atoms with Gasteiger partial charge in [-0.2, -0.15) is 0 Å². The highest BCUT2D eigenvalue weighted by molar-refractivity contribution is 5.94. The second kappa shape index (κ2) is 5.81. The zero-order valence-electron chi connectivity index (χ0n) is 8.93. The van der Waals surface area contributed by atoms with Crippen LogP contribution in [0, 0.1) is 0 Å². The largest absolute Gasteiger partial charge is 0.341 e. The highest BCUT2D eigenvalue weighted by atomic mass is 16.2. The smallest absolute Gasteiger partial charge is 0.321 e. The van der Waals surface area contributed by atoms with Crippen molar-refractivity contribution in [3.63, 3.8) is 0 Å². The highest BCUT2D eigenvalue weighted by Gasteiger charge is 2.06. The van der Waals surface area contributed by atoms with Gasteiger partial charge in [-0.1, -0.05) is 5.21 Å². The molecule has 16 heavy (non-hydrogen) atoms. The SMILES string of the molecule is CNC(=O)NC(=O)CCn1cc(CN)nn1. The van der Waals surface area contributed by atoms with Gasteiger partial charge in [0.2, 0.25) is 5.91 Å². The van der Waals surface area contributed by atoms with Crippen LogP contribution in [0.25, 0.3) is 0 Å². The molecule has 0 spiro atoms. The summed E-state index contributed by atoms with van der Waals surface area (Å²) in [4.78, 5) is 22.0. The van der Waals surface area contributed by atoms with Crippen LogP contribution in [0.15, 0.2) is 6.20 Å². The first-order valence-corrected chi connectivity index (χ1v) is 4.76. The summed E-state index contributed by atoms with van der Waals surface area (Å²) in [6, 6.07) is -0.522. The van der Waals surface area contributed by atoms with E-state index in [4.69, 9.17) is 5.73 Å². The van der Waals surface area contributed by atoms with Crippen LogP contribution in [0.1, 0.15) is 12.1 Å². The van der Waals surface area contributed by atoms with E-state index < -0.39 is 6.03 Å². The van der Waals surface area contributed by atoms with E-state index in [0.29, 0.717) is 18.8 Å². The first-order chi connectivity index (χ1) is 7.65. The van der Waals surface area contributed by atoms with Crippen molar-refractivity contribution >= 4 is 11.9 Å². The second-order valence-electron chi connectivity index (χ2n) is 3.05. The fourth-order valence-corrected chi connectivity index (χ4v) is 1.01. The molecule has 0 unspecified atom stereocenters. The van der Waals surface area contributed by atoms with E-state index in [0.717, 1.165) is 0 Å². The third-order valence-electron chi connectivity index (χ3n) is 1.84. The van der Waals surface area contributed by atoms with Crippen molar-refractivity contribution in [2.24, 2.45) is 5.73 Å². The van der Waals surface area contributed by atoms with Crippen LogP contribution in [0.5, 0.6) is 0 Å².